The maximum Gasteiger partial charge on any atom is 0.410 e. The third kappa shape index (κ3) is 3.44. The van der Waals surface area contributed by atoms with Crippen molar-refractivity contribution in [3.05, 3.63) is 0 Å². The molecule has 0 aliphatic carbocycles. The Morgan fingerprint density at radius 1 is 1.35 bits per heavy atom. The number of hydrogen-bond acceptors (Lipinski definition) is 4. The summed E-state index contributed by atoms with van der Waals surface area (Å²) in [6.45, 7) is 9.19. The molecule has 1 atom stereocenters. The van der Waals surface area contributed by atoms with Crippen molar-refractivity contribution in [1.82, 2.24) is 10.2 Å². The molecule has 2 aliphatic rings. The number of likely N-dealkylation sites (tertiary alicyclic amines) is 1. The van der Waals surface area contributed by atoms with Gasteiger partial charge in [-0.05, 0) is 58.5 Å². The molecule has 0 radical (unpaired) electrons. The Labute approximate surface area is 121 Å². The van der Waals surface area contributed by atoms with Crippen molar-refractivity contribution in [2.24, 2.45) is 11.3 Å². The van der Waals surface area contributed by atoms with Crippen LogP contribution in [-0.4, -0.2) is 54.5 Å². The molecule has 2 heterocycles. The number of nitrogens with zero attached hydrogens (tertiary/aromatic N) is 1. The number of aliphatic hydroxyl groups is 1. The maximum atomic E-state index is 12.2. The SMILES string of the molecule is CC(C)(C)OC(=O)N1CCC2(CCNCC2)[C@@H](CO)C1. The second-order valence-corrected chi connectivity index (χ2v) is 7.17. The number of rotatable bonds is 1. The van der Waals surface area contributed by atoms with Crippen LogP contribution in [0.15, 0.2) is 0 Å². The van der Waals surface area contributed by atoms with Crippen LogP contribution >= 0.6 is 0 Å². The Morgan fingerprint density at radius 2 is 2.00 bits per heavy atom. The van der Waals surface area contributed by atoms with Gasteiger partial charge in [0, 0.05) is 25.6 Å². The highest BCUT2D eigenvalue weighted by Gasteiger charge is 2.44. The number of amides is 1. The van der Waals surface area contributed by atoms with Crippen LogP contribution in [0, 0.1) is 11.3 Å². The molecule has 1 amide bonds. The van der Waals surface area contributed by atoms with E-state index < -0.39 is 5.60 Å². The van der Waals surface area contributed by atoms with Crippen LogP contribution in [0.4, 0.5) is 4.79 Å². The highest BCUT2D eigenvalue weighted by atomic mass is 16.6. The molecule has 116 valence electrons. The van der Waals surface area contributed by atoms with Crippen molar-refractivity contribution < 1.29 is 14.6 Å². The summed E-state index contributed by atoms with van der Waals surface area (Å²) >= 11 is 0. The zero-order chi connectivity index (χ0) is 14.8. The molecule has 2 rings (SSSR count). The minimum atomic E-state index is -0.463. The van der Waals surface area contributed by atoms with E-state index in [0.29, 0.717) is 6.54 Å². The molecule has 0 aromatic rings. The van der Waals surface area contributed by atoms with E-state index >= 15 is 0 Å². The molecule has 0 unspecified atom stereocenters. The first kappa shape index (κ1) is 15.6. The summed E-state index contributed by atoms with van der Waals surface area (Å²) in [7, 11) is 0. The number of aliphatic hydroxyl groups excluding tert-OH is 1. The van der Waals surface area contributed by atoms with Gasteiger partial charge in [-0.2, -0.15) is 0 Å². The largest absolute Gasteiger partial charge is 0.444 e. The van der Waals surface area contributed by atoms with Gasteiger partial charge in [-0.25, -0.2) is 4.79 Å². The maximum absolute atomic E-state index is 12.2. The first-order valence-corrected chi connectivity index (χ1v) is 7.66. The molecule has 2 N–H and O–H groups in total. The van der Waals surface area contributed by atoms with Gasteiger partial charge in [0.15, 0.2) is 0 Å². The van der Waals surface area contributed by atoms with E-state index in [1.165, 1.54) is 0 Å². The molecular weight excluding hydrogens is 256 g/mol. The summed E-state index contributed by atoms with van der Waals surface area (Å²) in [6.07, 6.45) is 2.92. The average Bonchev–Trinajstić information content (AvgIpc) is 2.38. The van der Waals surface area contributed by atoms with Crippen LogP contribution in [0.3, 0.4) is 0 Å². The molecule has 0 aromatic carbocycles. The summed E-state index contributed by atoms with van der Waals surface area (Å²) in [5, 5.41) is 13.1. The second-order valence-electron chi connectivity index (χ2n) is 7.17. The van der Waals surface area contributed by atoms with Crippen molar-refractivity contribution in [2.45, 2.75) is 45.6 Å². The van der Waals surface area contributed by atoms with E-state index in [1.54, 1.807) is 4.90 Å². The highest BCUT2D eigenvalue weighted by molar-refractivity contribution is 5.68. The summed E-state index contributed by atoms with van der Waals surface area (Å²) in [5.41, 5.74) is -0.256. The van der Waals surface area contributed by atoms with Crippen LogP contribution in [0.5, 0.6) is 0 Å². The van der Waals surface area contributed by atoms with Crippen molar-refractivity contribution >= 4 is 6.09 Å². The van der Waals surface area contributed by atoms with Crippen LogP contribution in [0.1, 0.15) is 40.0 Å². The molecular formula is C15H28N2O3. The van der Waals surface area contributed by atoms with Gasteiger partial charge >= 0.3 is 6.09 Å². The fourth-order valence-corrected chi connectivity index (χ4v) is 3.44. The van der Waals surface area contributed by atoms with Crippen LogP contribution in [0.25, 0.3) is 0 Å². The van der Waals surface area contributed by atoms with E-state index in [-0.39, 0.29) is 24.0 Å². The number of ether oxygens (including phenoxy) is 1. The Balaban J connectivity index is 2.00. The lowest BCUT2D eigenvalue weighted by atomic mass is 9.65. The lowest BCUT2D eigenvalue weighted by Gasteiger charge is -2.49. The van der Waals surface area contributed by atoms with Crippen LogP contribution < -0.4 is 5.32 Å². The molecule has 2 aliphatic heterocycles. The molecule has 5 nitrogen and oxygen atoms in total. The molecule has 2 saturated heterocycles. The molecule has 0 aromatic heterocycles. The van der Waals surface area contributed by atoms with Gasteiger partial charge < -0.3 is 20.1 Å². The van der Waals surface area contributed by atoms with Gasteiger partial charge in [0.25, 0.3) is 0 Å². The fraction of sp³-hybridized carbons (Fsp3) is 0.933. The third-order valence-electron chi connectivity index (χ3n) is 4.66. The third-order valence-corrected chi connectivity index (χ3v) is 4.66. The van der Waals surface area contributed by atoms with E-state index in [0.717, 1.165) is 38.9 Å². The van der Waals surface area contributed by atoms with Gasteiger partial charge in [0.2, 0.25) is 0 Å². The van der Waals surface area contributed by atoms with Crippen LogP contribution in [-0.2, 0) is 4.74 Å². The normalized spacial score (nSPS) is 26.6. The van der Waals surface area contributed by atoms with Gasteiger partial charge in [0.05, 0.1) is 0 Å². The molecule has 2 fully saturated rings. The smallest absolute Gasteiger partial charge is 0.410 e. The number of carbonyl (C=O) groups excluding carboxylic acids is 1. The topological polar surface area (TPSA) is 61.8 Å². The Kier molecular flexibility index (Phi) is 4.59. The van der Waals surface area contributed by atoms with Crippen molar-refractivity contribution in [3.8, 4) is 0 Å². The first-order valence-electron chi connectivity index (χ1n) is 7.66. The number of nitrogens with one attached hydrogen (secondary N) is 1. The molecule has 20 heavy (non-hydrogen) atoms. The lowest BCUT2D eigenvalue weighted by Crippen LogP contribution is -2.54. The highest BCUT2D eigenvalue weighted by Crippen LogP contribution is 2.43. The van der Waals surface area contributed by atoms with Gasteiger partial charge in [-0.1, -0.05) is 0 Å². The van der Waals surface area contributed by atoms with Gasteiger partial charge in [0.1, 0.15) is 5.60 Å². The predicted octanol–water partition coefficient (Wildman–Crippen LogP) is 1.61. The number of piperidine rings is 2. The second kappa shape index (κ2) is 5.90. The average molecular weight is 284 g/mol. The summed E-state index contributed by atoms with van der Waals surface area (Å²) in [5.74, 6) is 0.172. The Morgan fingerprint density at radius 3 is 2.55 bits per heavy atom. The summed E-state index contributed by atoms with van der Waals surface area (Å²) in [4.78, 5) is 13.9. The van der Waals surface area contributed by atoms with E-state index in [2.05, 4.69) is 5.32 Å². The van der Waals surface area contributed by atoms with Gasteiger partial charge in [-0.15, -0.1) is 0 Å². The monoisotopic (exact) mass is 284 g/mol. The lowest BCUT2D eigenvalue weighted by molar-refractivity contribution is -0.0348. The molecule has 0 saturated carbocycles. The molecule has 0 bridgehead atoms. The fourth-order valence-electron chi connectivity index (χ4n) is 3.44. The van der Waals surface area contributed by atoms with Crippen LogP contribution in [0.2, 0.25) is 0 Å². The summed E-state index contributed by atoms with van der Waals surface area (Å²) in [6, 6.07) is 0. The minimum Gasteiger partial charge on any atom is -0.444 e. The quantitative estimate of drug-likeness (QED) is 0.768. The van der Waals surface area contributed by atoms with Crippen molar-refractivity contribution in [3.63, 3.8) is 0 Å². The standard InChI is InChI=1S/C15H28N2O3/c1-14(2,3)20-13(19)17-9-6-15(12(10-17)11-18)4-7-16-8-5-15/h12,16,18H,4-11H2,1-3H3/t12-/m1/s1. The van der Waals surface area contributed by atoms with Crippen molar-refractivity contribution in [2.75, 3.05) is 32.8 Å². The number of hydrogen-bond donors (Lipinski definition) is 2. The molecule has 1 spiro atoms. The van der Waals surface area contributed by atoms with Crippen molar-refractivity contribution in [1.29, 1.82) is 0 Å². The van der Waals surface area contributed by atoms with E-state index in [9.17, 15) is 9.90 Å². The predicted molar refractivity (Wildman–Crippen MR) is 77.5 cm³/mol. The summed E-state index contributed by atoms with van der Waals surface area (Å²) < 4.78 is 5.44. The van der Waals surface area contributed by atoms with Gasteiger partial charge in [-0.3, -0.25) is 0 Å². The first-order chi connectivity index (χ1) is 9.36. The Bertz CT molecular complexity index is 346. The Hall–Kier alpha value is -0.810. The minimum absolute atomic E-state index is 0.152. The van der Waals surface area contributed by atoms with E-state index in [1.807, 2.05) is 20.8 Å². The number of carbonyl (C=O) groups is 1. The molecule has 5 heteroatoms. The van der Waals surface area contributed by atoms with E-state index in [4.69, 9.17) is 4.74 Å². The zero-order valence-corrected chi connectivity index (χ0v) is 12.9. The zero-order valence-electron chi connectivity index (χ0n) is 12.9.